The minimum absolute atomic E-state index is 0. The van der Waals surface area contributed by atoms with E-state index >= 15 is 0 Å². The van der Waals surface area contributed by atoms with Crippen molar-refractivity contribution in [2.24, 2.45) is 17.6 Å². The number of ether oxygens (including phenoxy) is 2. The Balaban J connectivity index is 0.00000180. The summed E-state index contributed by atoms with van der Waals surface area (Å²) >= 11 is 0. The van der Waals surface area contributed by atoms with Crippen molar-refractivity contribution in [2.45, 2.75) is 31.7 Å². The molecule has 0 spiro atoms. The van der Waals surface area contributed by atoms with Gasteiger partial charge in [0.2, 0.25) is 5.91 Å². The number of halogens is 1. The van der Waals surface area contributed by atoms with Gasteiger partial charge < -0.3 is 20.5 Å². The topological polar surface area (TPSA) is 73.6 Å². The van der Waals surface area contributed by atoms with Crippen molar-refractivity contribution in [3.8, 4) is 0 Å². The summed E-state index contributed by atoms with van der Waals surface area (Å²) in [5.74, 6) is 0.966. The standard InChI is InChI=1S/C13H24N2O3.ClH/c14-12(11-3-6-17-7-4-11)13(16)15-5-8-18-9-10-1-2-10;/h10-12H,1-9,14H2,(H,15,16);1H. The predicted octanol–water partition coefficient (Wildman–Crippen LogP) is 0.705. The first-order valence-electron chi connectivity index (χ1n) is 6.96. The molecule has 3 N–H and O–H groups in total. The van der Waals surface area contributed by atoms with Gasteiger partial charge in [0, 0.05) is 26.4 Å². The van der Waals surface area contributed by atoms with Crippen molar-refractivity contribution < 1.29 is 14.3 Å². The summed E-state index contributed by atoms with van der Waals surface area (Å²) in [5, 5.41) is 2.84. The Hall–Kier alpha value is -0.360. The lowest BCUT2D eigenvalue weighted by Gasteiger charge is -2.26. The third-order valence-electron chi connectivity index (χ3n) is 3.67. The molecule has 0 bridgehead atoms. The average molecular weight is 293 g/mol. The molecule has 1 atom stereocenters. The van der Waals surface area contributed by atoms with Crippen molar-refractivity contribution in [2.75, 3.05) is 33.0 Å². The van der Waals surface area contributed by atoms with Gasteiger partial charge in [-0.15, -0.1) is 12.4 Å². The molecule has 2 rings (SSSR count). The molecule has 19 heavy (non-hydrogen) atoms. The van der Waals surface area contributed by atoms with E-state index in [1.54, 1.807) is 0 Å². The van der Waals surface area contributed by atoms with E-state index in [1.165, 1.54) is 12.8 Å². The van der Waals surface area contributed by atoms with Crippen LogP contribution in [0.3, 0.4) is 0 Å². The molecule has 1 saturated carbocycles. The summed E-state index contributed by atoms with van der Waals surface area (Å²) in [6, 6.07) is -0.405. The second-order valence-electron chi connectivity index (χ2n) is 5.28. The van der Waals surface area contributed by atoms with Crippen LogP contribution in [0.1, 0.15) is 25.7 Å². The van der Waals surface area contributed by atoms with Gasteiger partial charge in [-0.3, -0.25) is 4.79 Å². The van der Waals surface area contributed by atoms with Crippen molar-refractivity contribution >= 4 is 18.3 Å². The molecule has 1 saturated heterocycles. The third kappa shape index (κ3) is 6.08. The Morgan fingerprint density at radius 3 is 2.63 bits per heavy atom. The van der Waals surface area contributed by atoms with Crippen LogP contribution in [0.15, 0.2) is 0 Å². The molecule has 2 aliphatic rings. The normalized spacial score (nSPS) is 21.5. The highest BCUT2D eigenvalue weighted by Crippen LogP contribution is 2.28. The van der Waals surface area contributed by atoms with Gasteiger partial charge in [0.15, 0.2) is 0 Å². The number of carbonyl (C=O) groups excluding carboxylic acids is 1. The van der Waals surface area contributed by atoms with Gasteiger partial charge in [-0.1, -0.05) is 0 Å². The SMILES string of the molecule is Cl.NC(C(=O)NCCOCC1CC1)C1CCOCC1. The first-order valence-corrected chi connectivity index (χ1v) is 6.96. The van der Waals surface area contributed by atoms with Crippen molar-refractivity contribution in [3.05, 3.63) is 0 Å². The first-order chi connectivity index (χ1) is 8.77. The summed E-state index contributed by atoms with van der Waals surface area (Å²) in [6.07, 6.45) is 4.35. The summed E-state index contributed by atoms with van der Waals surface area (Å²) in [4.78, 5) is 11.8. The van der Waals surface area contributed by atoms with Gasteiger partial charge in [0.25, 0.3) is 0 Å². The lowest BCUT2D eigenvalue weighted by atomic mass is 9.92. The van der Waals surface area contributed by atoms with Crippen LogP contribution in [0.4, 0.5) is 0 Å². The molecule has 0 aromatic rings. The summed E-state index contributed by atoms with van der Waals surface area (Å²) in [5.41, 5.74) is 5.96. The minimum Gasteiger partial charge on any atom is -0.381 e. The maximum absolute atomic E-state index is 11.8. The lowest BCUT2D eigenvalue weighted by Crippen LogP contribution is -2.47. The number of carbonyl (C=O) groups is 1. The second-order valence-corrected chi connectivity index (χ2v) is 5.28. The van der Waals surface area contributed by atoms with E-state index in [0.29, 0.717) is 13.2 Å². The highest BCUT2D eigenvalue weighted by Gasteiger charge is 2.26. The molecule has 2 fully saturated rings. The molecule has 0 aromatic carbocycles. The number of hydrogen-bond donors (Lipinski definition) is 2. The lowest BCUT2D eigenvalue weighted by molar-refractivity contribution is -0.124. The quantitative estimate of drug-likeness (QED) is 0.678. The third-order valence-corrected chi connectivity index (χ3v) is 3.67. The smallest absolute Gasteiger partial charge is 0.237 e. The fourth-order valence-corrected chi connectivity index (χ4v) is 2.19. The number of amides is 1. The molecule has 0 radical (unpaired) electrons. The molecule has 112 valence electrons. The number of rotatable bonds is 7. The zero-order valence-corrected chi connectivity index (χ0v) is 12.1. The fraction of sp³-hybridized carbons (Fsp3) is 0.923. The van der Waals surface area contributed by atoms with Gasteiger partial charge in [0.1, 0.15) is 0 Å². The average Bonchev–Trinajstić information content (AvgIpc) is 3.22. The van der Waals surface area contributed by atoms with E-state index in [9.17, 15) is 4.79 Å². The molecule has 1 aliphatic heterocycles. The molecule has 1 aliphatic carbocycles. The van der Waals surface area contributed by atoms with Gasteiger partial charge in [-0.05, 0) is 37.5 Å². The first kappa shape index (κ1) is 16.7. The van der Waals surface area contributed by atoms with E-state index in [-0.39, 0.29) is 24.2 Å². The van der Waals surface area contributed by atoms with Crippen molar-refractivity contribution in [3.63, 3.8) is 0 Å². The molecule has 1 amide bonds. The van der Waals surface area contributed by atoms with E-state index in [0.717, 1.165) is 38.6 Å². The zero-order chi connectivity index (χ0) is 12.8. The van der Waals surface area contributed by atoms with Crippen molar-refractivity contribution in [1.82, 2.24) is 5.32 Å². The highest BCUT2D eigenvalue weighted by atomic mass is 35.5. The highest BCUT2D eigenvalue weighted by molar-refractivity contribution is 5.85. The largest absolute Gasteiger partial charge is 0.381 e. The Kier molecular flexibility index (Phi) is 7.68. The number of hydrogen-bond acceptors (Lipinski definition) is 4. The summed E-state index contributed by atoms with van der Waals surface area (Å²) < 4.78 is 10.7. The maximum Gasteiger partial charge on any atom is 0.237 e. The van der Waals surface area contributed by atoms with Gasteiger partial charge in [-0.25, -0.2) is 0 Å². The Bertz CT molecular complexity index is 269. The maximum atomic E-state index is 11.8. The van der Waals surface area contributed by atoms with Crippen LogP contribution in [-0.2, 0) is 14.3 Å². The molecule has 5 nitrogen and oxygen atoms in total. The van der Waals surface area contributed by atoms with E-state index in [1.807, 2.05) is 0 Å². The molecular formula is C13H25ClN2O3. The number of nitrogens with two attached hydrogens (primary N) is 1. The monoisotopic (exact) mass is 292 g/mol. The summed E-state index contributed by atoms with van der Waals surface area (Å²) in [6.45, 7) is 3.42. The van der Waals surface area contributed by atoms with Crippen LogP contribution in [0.2, 0.25) is 0 Å². The molecule has 1 unspecified atom stereocenters. The molecular weight excluding hydrogens is 268 g/mol. The minimum atomic E-state index is -0.405. The van der Waals surface area contributed by atoms with Crippen LogP contribution < -0.4 is 11.1 Å². The second kappa shape index (κ2) is 8.74. The van der Waals surface area contributed by atoms with E-state index < -0.39 is 6.04 Å². The van der Waals surface area contributed by atoms with Crippen LogP contribution in [-0.4, -0.2) is 44.9 Å². The van der Waals surface area contributed by atoms with Crippen LogP contribution in [0.25, 0.3) is 0 Å². The number of nitrogens with one attached hydrogen (secondary N) is 1. The van der Waals surface area contributed by atoms with Crippen LogP contribution in [0, 0.1) is 11.8 Å². The Morgan fingerprint density at radius 2 is 2.00 bits per heavy atom. The van der Waals surface area contributed by atoms with Crippen LogP contribution in [0.5, 0.6) is 0 Å². The Morgan fingerprint density at radius 1 is 1.32 bits per heavy atom. The van der Waals surface area contributed by atoms with Crippen molar-refractivity contribution in [1.29, 1.82) is 0 Å². The fourth-order valence-electron chi connectivity index (χ4n) is 2.19. The van der Waals surface area contributed by atoms with Gasteiger partial charge in [0.05, 0.1) is 12.6 Å². The molecule has 1 heterocycles. The molecule has 0 aromatic heterocycles. The van der Waals surface area contributed by atoms with E-state index in [2.05, 4.69) is 5.32 Å². The summed E-state index contributed by atoms with van der Waals surface area (Å²) in [7, 11) is 0. The zero-order valence-electron chi connectivity index (χ0n) is 11.3. The van der Waals surface area contributed by atoms with Gasteiger partial charge in [-0.2, -0.15) is 0 Å². The predicted molar refractivity (Wildman–Crippen MR) is 75.3 cm³/mol. The van der Waals surface area contributed by atoms with E-state index in [4.69, 9.17) is 15.2 Å². The van der Waals surface area contributed by atoms with Gasteiger partial charge >= 0.3 is 0 Å². The Labute approximate surface area is 121 Å². The van der Waals surface area contributed by atoms with Crippen LogP contribution >= 0.6 is 12.4 Å². The molecule has 6 heteroatoms.